The molecule has 0 aliphatic rings. The van der Waals surface area contributed by atoms with Crippen LogP contribution in [-0.2, 0) is 9.84 Å². The zero-order valence-electron chi connectivity index (χ0n) is 9.21. The van der Waals surface area contributed by atoms with Crippen LogP contribution in [0.1, 0.15) is 26.3 Å². The minimum atomic E-state index is -3.17. The second-order valence-corrected chi connectivity index (χ2v) is 5.78. The highest BCUT2D eigenvalue weighted by molar-refractivity contribution is 7.90. The molecule has 2 atom stereocenters. The third-order valence-electron chi connectivity index (χ3n) is 2.37. The number of hydrogen-bond acceptors (Lipinski definition) is 4. The van der Waals surface area contributed by atoms with E-state index in [0.717, 1.165) is 6.42 Å². The lowest BCUT2D eigenvalue weighted by atomic mass is 10.1. The SMILES string of the molecule is CCC(C(C)N)n1cc(S(C)(=O)=O)cn1. The highest BCUT2D eigenvalue weighted by Crippen LogP contribution is 2.16. The van der Waals surface area contributed by atoms with Gasteiger partial charge in [0.1, 0.15) is 4.90 Å². The van der Waals surface area contributed by atoms with Crippen molar-refractivity contribution in [1.29, 1.82) is 0 Å². The minimum Gasteiger partial charge on any atom is -0.326 e. The summed E-state index contributed by atoms with van der Waals surface area (Å²) in [4.78, 5) is 0.238. The molecule has 1 heterocycles. The summed E-state index contributed by atoms with van der Waals surface area (Å²) in [7, 11) is -3.17. The van der Waals surface area contributed by atoms with Crippen molar-refractivity contribution in [3.63, 3.8) is 0 Å². The van der Waals surface area contributed by atoms with Crippen LogP contribution in [0.3, 0.4) is 0 Å². The molecule has 15 heavy (non-hydrogen) atoms. The van der Waals surface area contributed by atoms with Crippen LogP contribution < -0.4 is 5.73 Å². The van der Waals surface area contributed by atoms with Gasteiger partial charge in [-0.05, 0) is 13.3 Å². The Morgan fingerprint density at radius 1 is 1.60 bits per heavy atom. The van der Waals surface area contributed by atoms with Crippen LogP contribution in [0.2, 0.25) is 0 Å². The highest BCUT2D eigenvalue weighted by atomic mass is 32.2. The van der Waals surface area contributed by atoms with E-state index in [1.807, 2.05) is 13.8 Å². The largest absolute Gasteiger partial charge is 0.326 e. The highest BCUT2D eigenvalue weighted by Gasteiger charge is 2.17. The molecule has 0 spiro atoms. The molecule has 0 aliphatic carbocycles. The van der Waals surface area contributed by atoms with Gasteiger partial charge in [-0.2, -0.15) is 5.10 Å². The van der Waals surface area contributed by atoms with E-state index >= 15 is 0 Å². The number of aromatic nitrogens is 2. The third kappa shape index (κ3) is 2.79. The average molecular weight is 231 g/mol. The first kappa shape index (κ1) is 12.2. The Labute approximate surface area is 90.2 Å². The summed E-state index contributed by atoms with van der Waals surface area (Å²) < 4.78 is 24.1. The molecule has 0 saturated carbocycles. The van der Waals surface area contributed by atoms with E-state index < -0.39 is 9.84 Å². The maximum absolute atomic E-state index is 11.2. The molecule has 0 aliphatic heterocycles. The summed E-state index contributed by atoms with van der Waals surface area (Å²) in [5, 5.41) is 4.03. The number of hydrogen-bond donors (Lipinski definition) is 1. The Kier molecular flexibility index (Phi) is 3.51. The number of sulfone groups is 1. The van der Waals surface area contributed by atoms with Gasteiger partial charge < -0.3 is 5.73 Å². The molecule has 0 fully saturated rings. The van der Waals surface area contributed by atoms with Crippen LogP contribution in [0.15, 0.2) is 17.3 Å². The minimum absolute atomic E-state index is 0.0421. The maximum atomic E-state index is 11.2. The summed E-state index contributed by atoms with van der Waals surface area (Å²) in [5.74, 6) is 0. The monoisotopic (exact) mass is 231 g/mol. The Balaban J connectivity index is 3.03. The molecule has 0 aromatic carbocycles. The van der Waals surface area contributed by atoms with Gasteiger partial charge in [-0.3, -0.25) is 4.68 Å². The molecule has 6 heteroatoms. The van der Waals surface area contributed by atoms with Crippen molar-refractivity contribution in [2.45, 2.75) is 37.2 Å². The van der Waals surface area contributed by atoms with Crippen LogP contribution in [0.4, 0.5) is 0 Å². The van der Waals surface area contributed by atoms with E-state index in [2.05, 4.69) is 5.10 Å². The first-order chi connectivity index (χ1) is 6.86. The van der Waals surface area contributed by atoms with Gasteiger partial charge in [0.2, 0.25) is 0 Å². The van der Waals surface area contributed by atoms with Crippen molar-refractivity contribution in [2.24, 2.45) is 5.73 Å². The van der Waals surface area contributed by atoms with Gasteiger partial charge in [0.15, 0.2) is 9.84 Å². The second kappa shape index (κ2) is 4.32. The fourth-order valence-corrected chi connectivity index (χ4v) is 2.03. The fourth-order valence-electron chi connectivity index (χ4n) is 1.49. The molecule has 0 radical (unpaired) electrons. The quantitative estimate of drug-likeness (QED) is 0.822. The molecule has 1 rings (SSSR count). The van der Waals surface area contributed by atoms with Crippen molar-refractivity contribution < 1.29 is 8.42 Å². The summed E-state index contributed by atoms with van der Waals surface area (Å²) in [6.07, 6.45) is 4.89. The third-order valence-corrected chi connectivity index (χ3v) is 3.44. The van der Waals surface area contributed by atoms with E-state index in [4.69, 9.17) is 5.73 Å². The smallest absolute Gasteiger partial charge is 0.178 e. The van der Waals surface area contributed by atoms with Crippen molar-refractivity contribution in [1.82, 2.24) is 9.78 Å². The lowest BCUT2D eigenvalue weighted by molar-refractivity contribution is 0.382. The molecular weight excluding hydrogens is 214 g/mol. The van der Waals surface area contributed by atoms with E-state index in [0.29, 0.717) is 0 Å². The molecule has 86 valence electrons. The van der Waals surface area contributed by atoms with E-state index in [1.54, 1.807) is 4.68 Å². The fraction of sp³-hybridized carbons (Fsp3) is 0.667. The van der Waals surface area contributed by atoms with Crippen LogP contribution >= 0.6 is 0 Å². The van der Waals surface area contributed by atoms with Gasteiger partial charge in [0.25, 0.3) is 0 Å². The predicted octanol–water partition coefficient (Wildman–Crippen LogP) is 0.585. The standard InChI is InChI=1S/C9H17N3O2S/c1-4-9(7(2)10)12-6-8(5-11-12)15(3,13)14/h5-7,9H,4,10H2,1-3H3. The second-order valence-electron chi connectivity index (χ2n) is 3.76. The van der Waals surface area contributed by atoms with E-state index in [-0.39, 0.29) is 17.0 Å². The zero-order chi connectivity index (χ0) is 11.6. The van der Waals surface area contributed by atoms with E-state index in [9.17, 15) is 8.42 Å². The summed E-state index contributed by atoms with van der Waals surface area (Å²) in [6, 6.07) is -0.0113. The molecule has 0 saturated heterocycles. The van der Waals surface area contributed by atoms with E-state index in [1.165, 1.54) is 18.6 Å². The number of nitrogens with two attached hydrogens (primary N) is 1. The predicted molar refractivity (Wildman–Crippen MR) is 58.3 cm³/mol. The molecular formula is C9H17N3O2S. The average Bonchev–Trinajstić information content (AvgIpc) is 2.52. The Hall–Kier alpha value is -0.880. The lowest BCUT2D eigenvalue weighted by Crippen LogP contribution is -2.29. The Morgan fingerprint density at radius 2 is 2.20 bits per heavy atom. The lowest BCUT2D eigenvalue weighted by Gasteiger charge is -2.19. The molecule has 0 bridgehead atoms. The van der Waals surface area contributed by atoms with Crippen molar-refractivity contribution in [2.75, 3.05) is 6.26 Å². The van der Waals surface area contributed by atoms with Gasteiger partial charge >= 0.3 is 0 Å². The van der Waals surface area contributed by atoms with Crippen molar-refractivity contribution in [3.05, 3.63) is 12.4 Å². The van der Waals surface area contributed by atoms with Crippen molar-refractivity contribution >= 4 is 9.84 Å². The first-order valence-electron chi connectivity index (χ1n) is 4.86. The molecule has 2 unspecified atom stereocenters. The number of nitrogens with zero attached hydrogens (tertiary/aromatic N) is 2. The van der Waals surface area contributed by atoms with Gasteiger partial charge in [-0.1, -0.05) is 6.92 Å². The first-order valence-corrected chi connectivity index (χ1v) is 6.75. The topological polar surface area (TPSA) is 78.0 Å². The normalized spacial score (nSPS) is 16.3. The van der Waals surface area contributed by atoms with Crippen LogP contribution in [0.5, 0.6) is 0 Å². The van der Waals surface area contributed by atoms with Gasteiger partial charge in [0, 0.05) is 18.5 Å². The Bertz CT molecular complexity index is 422. The molecule has 2 N–H and O–H groups in total. The Morgan fingerprint density at radius 3 is 2.53 bits per heavy atom. The van der Waals surface area contributed by atoms with Crippen molar-refractivity contribution in [3.8, 4) is 0 Å². The van der Waals surface area contributed by atoms with Crippen LogP contribution in [0.25, 0.3) is 0 Å². The summed E-state index contributed by atoms with van der Waals surface area (Å²) in [6.45, 7) is 3.88. The summed E-state index contributed by atoms with van der Waals surface area (Å²) >= 11 is 0. The maximum Gasteiger partial charge on any atom is 0.178 e. The zero-order valence-corrected chi connectivity index (χ0v) is 10.0. The van der Waals surface area contributed by atoms with Gasteiger partial charge in [-0.15, -0.1) is 0 Å². The molecule has 1 aromatic heterocycles. The van der Waals surface area contributed by atoms with Gasteiger partial charge in [0.05, 0.1) is 12.2 Å². The van der Waals surface area contributed by atoms with Gasteiger partial charge in [-0.25, -0.2) is 8.42 Å². The van der Waals surface area contributed by atoms with Crippen LogP contribution in [-0.4, -0.2) is 30.5 Å². The molecule has 5 nitrogen and oxygen atoms in total. The summed E-state index contributed by atoms with van der Waals surface area (Å²) in [5.41, 5.74) is 5.79. The number of rotatable bonds is 4. The van der Waals surface area contributed by atoms with Crippen LogP contribution in [0, 0.1) is 0 Å². The molecule has 1 aromatic rings. The molecule has 0 amide bonds.